The highest BCUT2D eigenvalue weighted by molar-refractivity contribution is 8.02. The Balaban J connectivity index is 2.57. The Morgan fingerprint density at radius 1 is 1.16 bits per heavy atom. The molecule has 4 heteroatoms. The van der Waals surface area contributed by atoms with Gasteiger partial charge >= 0.3 is 5.97 Å². The molecule has 0 radical (unpaired) electrons. The molecule has 0 unspecified atom stereocenters. The Kier molecular flexibility index (Phi) is 2.96. The summed E-state index contributed by atoms with van der Waals surface area (Å²) in [6.07, 6.45) is 0.768. The normalized spacial score (nSPS) is 33.0. The SMILES string of the molecule is COC(=O)[C@@H]1CC(C)(C)SC12C(C)(C)C(=O)C2(C)C. The summed E-state index contributed by atoms with van der Waals surface area (Å²) >= 11 is 1.80. The minimum Gasteiger partial charge on any atom is -0.469 e. The van der Waals surface area contributed by atoms with Crippen molar-refractivity contribution in [1.29, 1.82) is 0 Å². The number of esters is 1. The van der Waals surface area contributed by atoms with E-state index in [-0.39, 0.29) is 27.2 Å². The Hall–Kier alpha value is -0.510. The molecule has 0 aromatic carbocycles. The number of hydrogen-bond acceptors (Lipinski definition) is 4. The summed E-state index contributed by atoms with van der Waals surface area (Å²) in [6, 6.07) is 0. The monoisotopic (exact) mass is 284 g/mol. The number of ketones is 1. The zero-order chi connectivity index (χ0) is 14.9. The van der Waals surface area contributed by atoms with Crippen LogP contribution >= 0.6 is 11.8 Å². The van der Waals surface area contributed by atoms with Crippen molar-refractivity contribution in [1.82, 2.24) is 0 Å². The standard InChI is InChI=1S/C15H24O3S/c1-12(2)8-9(10(16)18-7)15(19-12)13(3,4)11(17)14(15,5)6/h9H,8H2,1-7H3/t9-/m0/s1. The van der Waals surface area contributed by atoms with Crippen LogP contribution in [0.4, 0.5) is 0 Å². The van der Waals surface area contributed by atoms with Gasteiger partial charge in [-0.1, -0.05) is 41.5 Å². The summed E-state index contributed by atoms with van der Waals surface area (Å²) < 4.78 is 4.66. The first kappa shape index (κ1) is 14.9. The molecule has 1 spiro atoms. The maximum absolute atomic E-state index is 12.5. The van der Waals surface area contributed by atoms with E-state index in [1.807, 2.05) is 27.7 Å². The smallest absolute Gasteiger partial charge is 0.310 e. The van der Waals surface area contributed by atoms with Gasteiger partial charge in [0, 0.05) is 15.6 Å². The molecule has 0 aromatic heterocycles. The number of carbonyl (C=O) groups excluding carboxylic acids is 2. The molecule has 0 amide bonds. The third kappa shape index (κ3) is 1.52. The van der Waals surface area contributed by atoms with Gasteiger partial charge in [-0.3, -0.25) is 9.59 Å². The number of carbonyl (C=O) groups is 2. The fourth-order valence-corrected chi connectivity index (χ4v) is 6.68. The fraction of sp³-hybridized carbons (Fsp3) is 0.867. The molecule has 1 atom stereocenters. The van der Waals surface area contributed by atoms with Crippen molar-refractivity contribution in [2.45, 2.75) is 57.5 Å². The van der Waals surface area contributed by atoms with Gasteiger partial charge in [-0.25, -0.2) is 0 Å². The second kappa shape index (κ2) is 3.78. The molecule has 1 heterocycles. The largest absolute Gasteiger partial charge is 0.469 e. The molecule has 2 aliphatic rings. The zero-order valence-corrected chi connectivity index (χ0v) is 13.7. The van der Waals surface area contributed by atoms with Gasteiger partial charge in [0.25, 0.3) is 0 Å². The van der Waals surface area contributed by atoms with Crippen LogP contribution in [0.1, 0.15) is 48.0 Å². The molecule has 3 nitrogen and oxygen atoms in total. The van der Waals surface area contributed by atoms with Crippen LogP contribution in [0.3, 0.4) is 0 Å². The van der Waals surface area contributed by atoms with E-state index in [4.69, 9.17) is 4.74 Å². The molecule has 2 rings (SSSR count). The van der Waals surface area contributed by atoms with Gasteiger partial charge in [-0.15, -0.1) is 11.8 Å². The van der Waals surface area contributed by atoms with Gasteiger partial charge in [-0.2, -0.15) is 0 Å². The summed E-state index contributed by atoms with van der Waals surface area (Å²) in [6.45, 7) is 12.2. The highest BCUT2D eigenvalue weighted by Gasteiger charge is 2.79. The third-order valence-electron chi connectivity index (χ3n) is 5.10. The number of methoxy groups -OCH3 is 1. The lowest BCUT2D eigenvalue weighted by Crippen LogP contribution is -2.75. The molecule has 0 aromatic rings. The van der Waals surface area contributed by atoms with E-state index in [2.05, 4.69) is 13.8 Å². The van der Waals surface area contributed by atoms with Crippen molar-refractivity contribution in [3.8, 4) is 0 Å². The summed E-state index contributed by atoms with van der Waals surface area (Å²) in [5, 5.41) is 0. The molecule has 2 fully saturated rings. The van der Waals surface area contributed by atoms with Crippen molar-refractivity contribution in [2.75, 3.05) is 7.11 Å². The van der Waals surface area contributed by atoms with E-state index in [0.717, 1.165) is 6.42 Å². The first-order valence-corrected chi connectivity index (χ1v) is 7.58. The Morgan fingerprint density at radius 3 is 2.05 bits per heavy atom. The molecule has 1 saturated carbocycles. The number of rotatable bonds is 1. The molecule has 1 aliphatic heterocycles. The molecular formula is C15H24O3S. The van der Waals surface area contributed by atoms with Gasteiger partial charge in [0.15, 0.2) is 0 Å². The van der Waals surface area contributed by atoms with Crippen LogP contribution in [0.2, 0.25) is 0 Å². The van der Waals surface area contributed by atoms with Gasteiger partial charge in [-0.05, 0) is 6.42 Å². The maximum atomic E-state index is 12.5. The van der Waals surface area contributed by atoms with Crippen LogP contribution in [0, 0.1) is 16.7 Å². The van der Waals surface area contributed by atoms with Gasteiger partial charge in [0.05, 0.1) is 17.8 Å². The topological polar surface area (TPSA) is 43.4 Å². The molecular weight excluding hydrogens is 260 g/mol. The molecule has 0 bridgehead atoms. The molecule has 1 aliphatic carbocycles. The van der Waals surface area contributed by atoms with Gasteiger partial charge in [0.2, 0.25) is 0 Å². The summed E-state index contributed by atoms with van der Waals surface area (Å²) in [4.78, 5) is 24.7. The third-order valence-corrected chi connectivity index (χ3v) is 7.45. The van der Waals surface area contributed by atoms with E-state index in [9.17, 15) is 9.59 Å². The fourth-order valence-electron chi connectivity index (χ4n) is 4.54. The highest BCUT2D eigenvalue weighted by atomic mass is 32.2. The van der Waals surface area contributed by atoms with Crippen molar-refractivity contribution in [3.05, 3.63) is 0 Å². The Morgan fingerprint density at radius 2 is 1.63 bits per heavy atom. The number of ether oxygens (including phenoxy) is 1. The van der Waals surface area contributed by atoms with Crippen LogP contribution in [0.25, 0.3) is 0 Å². The van der Waals surface area contributed by atoms with Crippen molar-refractivity contribution in [2.24, 2.45) is 16.7 Å². The predicted octanol–water partition coefficient (Wildman–Crippen LogP) is 3.07. The van der Waals surface area contributed by atoms with Crippen LogP contribution in [0.15, 0.2) is 0 Å². The van der Waals surface area contributed by atoms with Crippen LogP contribution < -0.4 is 0 Å². The molecule has 108 valence electrons. The lowest BCUT2D eigenvalue weighted by atomic mass is 9.42. The zero-order valence-electron chi connectivity index (χ0n) is 12.9. The maximum Gasteiger partial charge on any atom is 0.310 e. The van der Waals surface area contributed by atoms with Crippen LogP contribution in [-0.2, 0) is 14.3 Å². The lowest BCUT2D eigenvalue weighted by molar-refractivity contribution is -0.171. The van der Waals surface area contributed by atoms with Crippen LogP contribution in [-0.4, -0.2) is 28.4 Å². The second-order valence-corrected chi connectivity index (χ2v) is 9.41. The minimum atomic E-state index is -0.478. The number of Topliss-reactive ketones (excluding diaryl/α,β-unsaturated/α-hetero) is 1. The van der Waals surface area contributed by atoms with E-state index < -0.39 is 10.8 Å². The molecule has 19 heavy (non-hydrogen) atoms. The Bertz CT molecular complexity index is 430. The van der Waals surface area contributed by atoms with E-state index in [0.29, 0.717) is 0 Å². The van der Waals surface area contributed by atoms with Gasteiger partial charge in [0.1, 0.15) is 5.78 Å². The average Bonchev–Trinajstić information content (AvgIpc) is 2.61. The van der Waals surface area contributed by atoms with E-state index >= 15 is 0 Å². The van der Waals surface area contributed by atoms with E-state index in [1.54, 1.807) is 11.8 Å². The number of thioether (sulfide) groups is 1. The summed E-state index contributed by atoms with van der Waals surface area (Å²) in [5.74, 6) is -0.133. The predicted molar refractivity (Wildman–Crippen MR) is 77.1 cm³/mol. The first-order valence-electron chi connectivity index (χ1n) is 6.77. The number of hydrogen-bond donors (Lipinski definition) is 0. The van der Waals surface area contributed by atoms with Crippen LogP contribution in [0.5, 0.6) is 0 Å². The first-order chi connectivity index (χ1) is 8.44. The minimum absolute atomic E-state index is 0.00586. The summed E-state index contributed by atoms with van der Waals surface area (Å²) in [7, 11) is 1.44. The van der Waals surface area contributed by atoms with Crippen molar-refractivity contribution >= 4 is 23.5 Å². The van der Waals surface area contributed by atoms with Crippen molar-refractivity contribution < 1.29 is 14.3 Å². The molecule has 0 N–H and O–H groups in total. The van der Waals surface area contributed by atoms with E-state index in [1.165, 1.54) is 7.11 Å². The average molecular weight is 284 g/mol. The molecule has 1 saturated heterocycles. The second-order valence-electron chi connectivity index (χ2n) is 7.46. The Labute approximate surface area is 119 Å². The van der Waals surface area contributed by atoms with Gasteiger partial charge < -0.3 is 4.74 Å². The highest BCUT2D eigenvalue weighted by Crippen LogP contribution is 2.75. The quantitative estimate of drug-likeness (QED) is 0.694. The summed E-state index contributed by atoms with van der Waals surface area (Å²) in [5.41, 5.74) is -0.957. The van der Waals surface area contributed by atoms with Crippen molar-refractivity contribution in [3.63, 3.8) is 0 Å². The lowest BCUT2D eigenvalue weighted by Gasteiger charge is -2.65.